The minimum absolute atomic E-state index is 0. The molecule has 3 aromatic rings. The van der Waals surface area contributed by atoms with E-state index in [1.165, 1.54) is 12.8 Å². The third kappa shape index (κ3) is 4.22. The largest absolute Gasteiger partial charge is 0.508 e. The summed E-state index contributed by atoms with van der Waals surface area (Å²) >= 11 is 0. The summed E-state index contributed by atoms with van der Waals surface area (Å²) < 4.78 is 5.08. The van der Waals surface area contributed by atoms with Crippen LogP contribution in [-0.2, 0) is 10.2 Å². The number of nitrogens with zero attached hydrogens (tertiary/aromatic N) is 1. The predicted molar refractivity (Wildman–Crippen MR) is 123 cm³/mol. The summed E-state index contributed by atoms with van der Waals surface area (Å²) in [5.41, 5.74) is 2.31. The highest BCUT2D eigenvalue weighted by Crippen LogP contribution is 2.49. The summed E-state index contributed by atoms with van der Waals surface area (Å²) in [7, 11) is 0. The van der Waals surface area contributed by atoms with E-state index in [4.69, 9.17) is 4.42 Å². The fraction of sp³-hybridized carbons (Fsp3) is 0.391. The summed E-state index contributed by atoms with van der Waals surface area (Å²) in [6.45, 7) is 2.78. The Morgan fingerprint density at radius 3 is 2.68 bits per heavy atom. The molecule has 31 heavy (non-hydrogen) atoms. The van der Waals surface area contributed by atoms with Gasteiger partial charge in [-0.2, -0.15) is 13.5 Å². The van der Waals surface area contributed by atoms with Crippen LogP contribution in [0.2, 0.25) is 0 Å². The van der Waals surface area contributed by atoms with E-state index in [0.29, 0.717) is 11.1 Å². The molecule has 0 spiro atoms. The van der Waals surface area contributed by atoms with Gasteiger partial charge >= 0.3 is 5.76 Å². The average Bonchev–Trinajstić information content (AvgIpc) is 3.21. The number of aromatic amines is 1. The smallest absolute Gasteiger partial charge is 0.417 e. The normalized spacial score (nSPS) is 18.5. The van der Waals surface area contributed by atoms with Crippen LogP contribution in [0.1, 0.15) is 42.9 Å². The number of phenolic OH excluding ortho intramolecular Hbond substituents is 1. The molecular weight excluding hydrogens is 414 g/mol. The molecule has 2 aromatic carbocycles. The minimum atomic E-state index is -0.581. The van der Waals surface area contributed by atoms with Gasteiger partial charge in [0, 0.05) is 6.54 Å². The first-order valence-corrected chi connectivity index (χ1v) is 10.5. The number of benzene rings is 2. The molecule has 1 atom stereocenters. The number of fused-ring (bicyclic) bond motifs is 1. The summed E-state index contributed by atoms with van der Waals surface area (Å²) in [5.74, 6) is -0.310. The summed E-state index contributed by atoms with van der Waals surface area (Å²) in [4.78, 5) is 29.9. The summed E-state index contributed by atoms with van der Waals surface area (Å²) in [5, 5.41) is 13.2. The second-order valence-electron chi connectivity index (χ2n) is 8.44. The zero-order valence-corrected chi connectivity index (χ0v) is 18.2. The van der Waals surface area contributed by atoms with Crippen molar-refractivity contribution in [2.24, 2.45) is 0 Å². The van der Waals surface area contributed by atoms with E-state index >= 15 is 0 Å². The van der Waals surface area contributed by atoms with Crippen molar-refractivity contribution in [2.45, 2.75) is 37.1 Å². The molecule has 0 bridgehead atoms. The molecule has 7 nitrogen and oxygen atoms in total. The zero-order valence-electron chi connectivity index (χ0n) is 17.2. The Morgan fingerprint density at radius 2 is 1.97 bits per heavy atom. The van der Waals surface area contributed by atoms with Crippen molar-refractivity contribution >= 4 is 30.5 Å². The van der Waals surface area contributed by atoms with E-state index < -0.39 is 11.2 Å². The molecule has 164 valence electrons. The Hall–Kier alpha value is -2.71. The standard InChI is InChI=1S/C23H25N3O4.H2S/c27-17-5-3-4-15(12-17)19(14-26-10-1-2-11-26)24-21(28)23(8-9-23)16-6-7-20-18(13-16)25-22(29)30-20;/h3-7,12-13,19,27H,1-2,8-11,14H2,(H,24,28)(H,25,29);1H2/t19-;/m1./s1. The average molecular weight is 442 g/mol. The van der Waals surface area contributed by atoms with Gasteiger partial charge in [0.2, 0.25) is 5.91 Å². The highest BCUT2D eigenvalue weighted by molar-refractivity contribution is 7.59. The first-order valence-electron chi connectivity index (χ1n) is 10.5. The van der Waals surface area contributed by atoms with Crippen LogP contribution in [0, 0.1) is 0 Å². The molecule has 2 aliphatic rings. The minimum Gasteiger partial charge on any atom is -0.508 e. The number of amides is 1. The first kappa shape index (κ1) is 21.5. The molecule has 1 aliphatic heterocycles. The lowest BCUT2D eigenvalue weighted by Crippen LogP contribution is -2.41. The lowest BCUT2D eigenvalue weighted by atomic mass is 9.93. The molecule has 2 heterocycles. The molecule has 1 saturated heterocycles. The lowest BCUT2D eigenvalue weighted by Gasteiger charge is -2.27. The molecule has 2 fully saturated rings. The Balaban J connectivity index is 0.00000231. The topological polar surface area (TPSA) is 98.6 Å². The highest BCUT2D eigenvalue weighted by atomic mass is 32.1. The van der Waals surface area contributed by atoms with Gasteiger partial charge in [-0.15, -0.1) is 0 Å². The third-order valence-electron chi connectivity index (χ3n) is 6.37. The van der Waals surface area contributed by atoms with Crippen molar-refractivity contribution in [3.8, 4) is 5.75 Å². The summed E-state index contributed by atoms with van der Waals surface area (Å²) in [6.07, 6.45) is 3.88. The number of carbonyl (C=O) groups is 1. The number of phenols is 1. The van der Waals surface area contributed by atoms with Gasteiger partial charge in [0.15, 0.2) is 5.58 Å². The molecule has 1 amide bonds. The van der Waals surface area contributed by atoms with Gasteiger partial charge in [0.1, 0.15) is 5.75 Å². The molecule has 0 unspecified atom stereocenters. The number of likely N-dealkylation sites (tertiary alicyclic amines) is 1. The van der Waals surface area contributed by atoms with E-state index in [-0.39, 0.29) is 31.2 Å². The Labute approximate surface area is 186 Å². The van der Waals surface area contributed by atoms with Gasteiger partial charge in [-0.05, 0) is 74.2 Å². The van der Waals surface area contributed by atoms with Crippen molar-refractivity contribution in [1.82, 2.24) is 15.2 Å². The third-order valence-corrected chi connectivity index (χ3v) is 6.37. The van der Waals surface area contributed by atoms with Gasteiger partial charge in [0.25, 0.3) is 0 Å². The second-order valence-corrected chi connectivity index (χ2v) is 8.44. The quantitative estimate of drug-likeness (QED) is 0.546. The fourth-order valence-corrected chi connectivity index (χ4v) is 4.52. The molecule has 3 N–H and O–H groups in total. The number of oxazole rings is 1. The number of hydrogen-bond acceptors (Lipinski definition) is 5. The van der Waals surface area contributed by atoms with Crippen molar-refractivity contribution in [3.63, 3.8) is 0 Å². The highest BCUT2D eigenvalue weighted by Gasteiger charge is 2.52. The van der Waals surface area contributed by atoms with Gasteiger partial charge in [0.05, 0.1) is 17.0 Å². The first-order chi connectivity index (χ1) is 14.5. The Bertz CT molecular complexity index is 1140. The Morgan fingerprint density at radius 1 is 1.19 bits per heavy atom. The van der Waals surface area contributed by atoms with E-state index in [1.807, 2.05) is 24.3 Å². The van der Waals surface area contributed by atoms with E-state index in [1.54, 1.807) is 18.2 Å². The number of hydrogen-bond donors (Lipinski definition) is 3. The number of carbonyl (C=O) groups excluding carboxylic acids is 1. The number of aromatic hydroxyl groups is 1. The van der Waals surface area contributed by atoms with Crippen molar-refractivity contribution < 1.29 is 14.3 Å². The van der Waals surface area contributed by atoms with Crippen molar-refractivity contribution in [3.05, 3.63) is 64.1 Å². The van der Waals surface area contributed by atoms with Crippen LogP contribution in [0.4, 0.5) is 0 Å². The van der Waals surface area contributed by atoms with Gasteiger partial charge in [-0.3, -0.25) is 9.78 Å². The number of nitrogens with one attached hydrogen (secondary N) is 2. The molecular formula is C23H27N3O4S. The van der Waals surface area contributed by atoms with Crippen LogP contribution < -0.4 is 11.1 Å². The van der Waals surface area contributed by atoms with Gasteiger partial charge in [-0.1, -0.05) is 18.2 Å². The maximum absolute atomic E-state index is 13.4. The van der Waals surface area contributed by atoms with E-state index in [0.717, 1.165) is 43.6 Å². The van der Waals surface area contributed by atoms with Crippen LogP contribution in [0.25, 0.3) is 11.1 Å². The predicted octanol–water partition coefficient (Wildman–Crippen LogP) is 2.92. The number of aromatic nitrogens is 1. The van der Waals surface area contributed by atoms with Crippen LogP contribution in [0.15, 0.2) is 51.7 Å². The number of rotatable bonds is 6. The second kappa shape index (κ2) is 8.43. The lowest BCUT2D eigenvalue weighted by molar-refractivity contribution is -0.124. The van der Waals surface area contributed by atoms with E-state index in [9.17, 15) is 14.7 Å². The summed E-state index contributed by atoms with van der Waals surface area (Å²) in [6, 6.07) is 12.4. The van der Waals surface area contributed by atoms with Crippen LogP contribution >= 0.6 is 13.5 Å². The van der Waals surface area contributed by atoms with Crippen LogP contribution in [-0.4, -0.2) is 40.5 Å². The molecule has 5 rings (SSSR count). The number of H-pyrrole nitrogens is 1. The van der Waals surface area contributed by atoms with Crippen LogP contribution in [0.5, 0.6) is 5.75 Å². The van der Waals surface area contributed by atoms with Crippen LogP contribution in [0.3, 0.4) is 0 Å². The van der Waals surface area contributed by atoms with Gasteiger partial charge < -0.3 is 19.7 Å². The fourth-order valence-electron chi connectivity index (χ4n) is 4.52. The van der Waals surface area contributed by atoms with Crippen molar-refractivity contribution in [1.29, 1.82) is 0 Å². The molecule has 1 saturated carbocycles. The van der Waals surface area contributed by atoms with Crippen molar-refractivity contribution in [2.75, 3.05) is 19.6 Å². The SMILES string of the molecule is O=C(N[C@H](CN1CCCC1)c1cccc(O)c1)C1(c2ccc3oc(=O)[nH]c3c2)CC1.S. The molecule has 8 heteroatoms. The van der Waals surface area contributed by atoms with Gasteiger partial charge in [-0.25, -0.2) is 4.79 Å². The zero-order chi connectivity index (χ0) is 20.7. The van der Waals surface area contributed by atoms with E-state index in [2.05, 4.69) is 15.2 Å². The Kier molecular flexibility index (Phi) is 5.85. The molecule has 1 aliphatic carbocycles. The maximum Gasteiger partial charge on any atom is 0.417 e. The molecule has 0 radical (unpaired) electrons. The monoisotopic (exact) mass is 441 g/mol. The maximum atomic E-state index is 13.4. The molecule has 1 aromatic heterocycles.